The molecule has 1 saturated heterocycles. The summed E-state index contributed by atoms with van der Waals surface area (Å²) < 4.78 is 17.1. The molecule has 1 aliphatic rings. The van der Waals surface area contributed by atoms with E-state index in [0.29, 0.717) is 16.3 Å². The van der Waals surface area contributed by atoms with Crippen LogP contribution in [0.25, 0.3) is 0 Å². The zero-order valence-corrected chi connectivity index (χ0v) is 15.9. The van der Waals surface area contributed by atoms with E-state index in [1.165, 1.54) is 6.20 Å². The normalized spacial score (nSPS) is 19.2. The zero-order chi connectivity index (χ0) is 18.3. The molecule has 1 aliphatic heterocycles. The Labute approximate surface area is 148 Å². The first-order chi connectivity index (χ1) is 10.8. The van der Waals surface area contributed by atoms with Crippen molar-refractivity contribution in [2.45, 2.75) is 65.3 Å². The molecule has 1 N–H and O–H groups in total. The first kappa shape index (κ1) is 19.0. The number of anilines is 1. The molecule has 8 heteroatoms. The summed E-state index contributed by atoms with van der Waals surface area (Å²) in [5.41, 5.74) is -0.593. The van der Waals surface area contributed by atoms with Gasteiger partial charge in [0.1, 0.15) is 5.60 Å². The number of pyridine rings is 1. The van der Waals surface area contributed by atoms with Crippen molar-refractivity contribution in [2.75, 3.05) is 5.32 Å². The molecular formula is C16H24BClN2O4. The number of carbonyl (C=O) groups is 1. The van der Waals surface area contributed by atoms with Crippen molar-refractivity contribution in [1.29, 1.82) is 0 Å². The Kier molecular flexibility index (Phi) is 4.92. The minimum absolute atomic E-state index is 0.334. The third-order valence-corrected chi connectivity index (χ3v) is 4.32. The number of aromatic nitrogens is 1. The average Bonchev–Trinajstić information content (AvgIpc) is 2.58. The smallest absolute Gasteiger partial charge is 0.444 e. The van der Waals surface area contributed by atoms with Crippen LogP contribution in [0.15, 0.2) is 12.3 Å². The van der Waals surface area contributed by atoms with Gasteiger partial charge in [0.2, 0.25) is 0 Å². The van der Waals surface area contributed by atoms with E-state index in [1.54, 1.807) is 26.8 Å². The number of rotatable bonds is 2. The SMILES string of the molecule is CC(C)(C)OC(=O)Nc1cnc(B2OC(C)(C)C(C)(C)O2)cc1Cl. The fourth-order valence-electron chi connectivity index (χ4n) is 2.04. The molecule has 1 fully saturated rings. The second kappa shape index (κ2) is 6.21. The number of ether oxygens (including phenoxy) is 1. The van der Waals surface area contributed by atoms with E-state index in [2.05, 4.69) is 10.3 Å². The number of amides is 1. The molecule has 0 spiro atoms. The van der Waals surface area contributed by atoms with E-state index in [9.17, 15) is 4.79 Å². The first-order valence-corrected chi connectivity index (χ1v) is 8.20. The summed E-state index contributed by atoms with van der Waals surface area (Å²) in [7, 11) is -0.608. The molecule has 0 aromatic carbocycles. The van der Waals surface area contributed by atoms with Crippen LogP contribution in [0.1, 0.15) is 48.5 Å². The van der Waals surface area contributed by atoms with Crippen molar-refractivity contribution in [2.24, 2.45) is 0 Å². The van der Waals surface area contributed by atoms with Crippen LogP contribution in [0, 0.1) is 0 Å². The van der Waals surface area contributed by atoms with Crippen molar-refractivity contribution in [1.82, 2.24) is 4.98 Å². The van der Waals surface area contributed by atoms with Crippen LogP contribution in [0.3, 0.4) is 0 Å². The lowest BCUT2D eigenvalue weighted by molar-refractivity contribution is 0.00578. The van der Waals surface area contributed by atoms with E-state index in [1.807, 2.05) is 27.7 Å². The number of nitrogens with zero attached hydrogens (tertiary/aromatic N) is 1. The Balaban J connectivity index is 2.12. The highest BCUT2D eigenvalue weighted by atomic mass is 35.5. The standard InChI is InChI=1S/C16H24BClN2O4/c1-14(2,3)22-13(21)20-11-9-19-12(8-10(11)18)17-23-15(4,5)16(6,7)24-17/h8-9H,1-7H3,(H,20,21). The van der Waals surface area contributed by atoms with Crippen LogP contribution in [0.4, 0.5) is 10.5 Å². The quantitative estimate of drug-likeness (QED) is 0.825. The van der Waals surface area contributed by atoms with Crippen molar-refractivity contribution < 1.29 is 18.8 Å². The summed E-state index contributed by atoms with van der Waals surface area (Å²) in [5, 5.41) is 2.91. The van der Waals surface area contributed by atoms with Gasteiger partial charge in [0, 0.05) is 0 Å². The van der Waals surface area contributed by atoms with Crippen molar-refractivity contribution in [3.05, 3.63) is 17.3 Å². The second-order valence-corrected chi connectivity index (χ2v) is 8.21. The van der Waals surface area contributed by atoms with Crippen molar-refractivity contribution in [3.8, 4) is 0 Å². The van der Waals surface area contributed by atoms with Crippen LogP contribution in [0.2, 0.25) is 5.02 Å². The third-order valence-electron chi connectivity index (χ3n) is 4.00. The largest absolute Gasteiger partial charge is 0.514 e. The molecule has 0 aliphatic carbocycles. The minimum Gasteiger partial charge on any atom is -0.444 e. The van der Waals surface area contributed by atoms with Crippen LogP contribution < -0.4 is 10.9 Å². The van der Waals surface area contributed by atoms with Gasteiger partial charge in [0.25, 0.3) is 0 Å². The highest BCUT2D eigenvalue weighted by molar-refractivity contribution is 6.61. The van der Waals surface area contributed by atoms with Gasteiger partial charge >= 0.3 is 13.2 Å². The predicted octanol–water partition coefficient (Wildman–Crippen LogP) is 3.38. The molecule has 24 heavy (non-hydrogen) atoms. The van der Waals surface area contributed by atoms with Crippen LogP contribution in [-0.2, 0) is 14.0 Å². The maximum atomic E-state index is 11.8. The van der Waals surface area contributed by atoms with E-state index in [-0.39, 0.29) is 0 Å². The molecule has 0 bridgehead atoms. The fourth-order valence-corrected chi connectivity index (χ4v) is 2.25. The monoisotopic (exact) mass is 354 g/mol. The maximum Gasteiger partial charge on any atom is 0.514 e. The van der Waals surface area contributed by atoms with E-state index < -0.39 is 30.0 Å². The van der Waals surface area contributed by atoms with Crippen molar-refractivity contribution in [3.63, 3.8) is 0 Å². The van der Waals surface area contributed by atoms with Gasteiger partial charge in [-0.25, -0.2) is 4.79 Å². The maximum absolute atomic E-state index is 11.8. The molecule has 2 heterocycles. The number of nitrogens with one attached hydrogen (secondary N) is 1. The molecule has 2 rings (SSSR count). The average molecular weight is 355 g/mol. The lowest BCUT2D eigenvalue weighted by atomic mass is 9.84. The van der Waals surface area contributed by atoms with Gasteiger partial charge < -0.3 is 14.0 Å². The molecular weight excluding hydrogens is 330 g/mol. The Morgan fingerprint density at radius 3 is 2.25 bits per heavy atom. The van der Waals surface area contributed by atoms with Gasteiger partial charge in [-0.3, -0.25) is 10.3 Å². The number of hydrogen-bond donors (Lipinski definition) is 1. The summed E-state index contributed by atoms with van der Waals surface area (Å²) in [6.45, 7) is 13.2. The highest BCUT2D eigenvalue weighted by Gasteiger charge is 2.52. The number of carbonyl (C=O) groups excluding carboxylic acids is 1. The van der Waals surface area contributed by atoms with Crippen LogP contribution in [0.5, 0.6) is 0 Å². The van der Waals surface area contributed by atoms with Gasteiger partial charge in [0.15, 0.2) is 0 Å². The lowest BCUT2D eigenvalue weighted by Gasteiger charge is -2.32. The summed E-state index contributed by atoms with van der Waals surface area (Å²) in [4.78, 5) is 16.1. The predicted molar refractivity (Wildman–Crippen MR) is 94.8 cm³/mol. The topological polar surface area (TPSA) is 69.7 Å². The number of hydrogen-bond acceptors (Lipinski definition) is 5. The molecule has 6 nitrogen and oxygen atoms in total. The molecule has 0 unspecified atom stereocenters. The van der Waals surface area contributed by atoms with Crippen LogP contribution in [-0.4, -0.2) is 35.0 Å². The molecule has 0 atom stereocenters. The summed E-state index contributed by atoms with van der Waals surface area (Å²) in [6.07, 6.45) is 0.877. The summed E-state index contributed by atoms with van der Waals surface area (Å²) in [6, 6.07) is 1.62. The molecule has 1 aromatic rings. The Hall–Kier alpha value is -1.31. The molecule has 1 aromatic heterocycles. The van der Waals surface area contributed by atoms with E-state index >= 15 is 0 Å². The van der Waals surface area contributed by atoms with Gasteiger partial charge in [0.05, 0.1) is 33.7 Å². The Bertz CT molecular complexity index is 627. The number of halogens is 1. The summed E-state index contributed by atoms with van der Waals surface area (Å²) in [5.74, 6) is 0. The van der Waals surface area contributed by atoms with Gasteiger partial charge in [-0.2, -0.15) is 0 Å². The zero-order valence-electron chi connectivity index (χ0n) is 15.2. The molecule has 0 saturated carbocycles. The van der Waals surface area contributed by atoms with Gasteiger partial charge in [-0.05, 0) is 54.5 Å². The van der Waals surface area contributed by atoms with Gasteiger partial charge in [-0.1, -0.05) is 11.6 Å². The molecule has 132 valence electrons. The second-order valence-electron chi connectivity index (χ2n) is 7.80. The van der Waals surface area contributed by atoms with E-state index in [0.717, 1.165) is 0 Å². The Morgan fingerprint density at radius 1 is 1.25 bits per heavy atom. The summed E-state index contributed by atoms with van der Waals surface area (Å²) >= 11 is 6.24. The van der Waals surface area contributed by atoms with E-state index in [4.69, 9.17) is 25.6 Å². The first-order valence-electron chi connectivity index (χ1n) is 7.82. The van der Waals surface area contributed by atoms with Crippen molar-refractivity contribution >= 4 is 36.1 Å². The van der Waals surface area contributed by atoms with Crippen LogP contribution >= 0.6 is 11.6 Å². The Morgan fingerprint density at radius 2 is 1.79 bits per heavy atom. The fraction of sp³-hybridized carbons (Fsp3) is 0.625. The van der Waals surface area contributed by atoms with Gasteiger partial charge in [-0.15, -0.1) is 0 Å². The molecule has 0 radical (unpaired) electrons. The molecule has 1 amide bonds. The highest BCUT2D eigenvalue weighted by Crippen LogP contribution is 2.36. The lowest BCUT2D eigenvalue weighted by Crippen LogP contribution is -2.41. The third kappa shape index (κ3) is 4.20. The minimum atomic E-state index is -0.608.